The summed E-state index contributed by atoms with van der Waals surface area (Å²) >= 11 is 0. The normalized spacial score (nSPS) is 24.0. The molecule has 7 atom stereocenters. The highest BCUT2D eigenvalue weighted by Crippen LogP contribution is 2.30. The number of primary amides is 2. The summed E-state index contributed by atoms with van der Waals surface area (Å²) in [5.41, 5.74) is 9.36. The number of hydrogen-bond acceptors (Lipinski definition) is 17. The van der Waals surface area contributed by atoms with Gasteiger partial charge >= 0.3 is 17.8 Å². The van der Waals surface area contributed by atoms with E-state index in [0.29, 0.717) is 0 Å². The fourth-order valence-corrected chi connectivity index (χ4v) is 9.24. The van der Waals surface area contributed by atoms with Crippen molar-refractivity contribution in [1.82, 2.24) is 42.1 Å². The van der Waals surface area contributed by atoms with Gasteiger partial charge in [-0.1, -0.05) is 39.8 Å². The summed E-state index contributed by atoms with van der Waals surface area (Å²) in [5.74, 6) is -12.9. The van der Waals surface area contributed by atoms with Gasteiger partial charge in [-0.25, -0.2) is 0 Å². The molecule has 31 heteroatoms. The Hall–Kier alpha value is -7.25. The number of nitro groups is 1. The number of amides is 9. The molecule has 0 aliphatic carbocycles. The van der Waals surface area contributed by atoms with Crippen molar-refractivity contribution in [3.63, 3.8) is 0 Å². The average Bonchev–Trinajstić information content (AvgIpc) is 3.69. The molecule has 0 radical (unpaired) electrons. The van der Waals surface area contributed by atoms with Gasteiger partial charge in [-0.15, -0.1) is 0 Å². The zero-order chi connectivity index (χ0) is 52.7. The number of aliphatic hydroxyl groups excluding tert-OH is 1. The van der Waals surface area contributed by atoms with Crippen molar-refractivity contribution in [2.24, 2.45) is 11.5 Å². The number of carboxylic acids is 1. The molecule has 0 spiro atoms. The Labute approximate surface area is 407 Å². The van der Waals surface area contributed by atoms with Gasteiger partial charge in [-0.3, -0.25) is 58.1 Å². The molecule has 2 heterocycles. The standard InChI is InChI=1S/C40H48F3N11O15S2/c41-40(42,43)20-4-1-18(2-5-20)12-46-26-17-71-70-16-25(34(45)62)52-37(65)23(10-30(44)57)51-39(67)28-9-21(55)15-53(28)32(59)14-48-35(63)22(7-19-3-6-29(56)27(8-19)54(68)69)49-31(58)13-47-36(64)24(11-33(60)61)50-38(26)66/h1-6,8,21-26,28,46,55-56H,7,9-17H2,(H2,44,57)(H2,45,62)(H,47,64)(H,48,63)(H,49,58)(H,50,66)(H,51,67)(H,52,65)(H,60,61)/t21-,22+,23+,24-,25-,26-,28+/m1/s1. The third kappa shape index (κ3) is 17.3. The van der Waals surface area contributed by atoms with E-state index in [2.05, 4.69) is 37.2 Å². The van der Waals surface area contributed by atoms with Crippen LogP contribution in [0.5, 0.6) is 5.75 Å². The van der Waals surface area contributed by atoms with Gasteiger partial charge in [0.05, 0.1) is 48.6 Å². The maximum absolute atomic E-state index is 13.8. The van der Waals surface area contributed by atoms with Crippen LogP contribution >= 0.6 is 21.6 Å². The Morgan fingerprint density at radius 2 is 1.41 bits per heavy atom. The molecule has 14 N–H and O–H groups in total. The van der Waals surface area contributed by atoms with E-state index >= 15 is 0 Å². The minimum atomic E-state index is -4.66. The van der Waals surface area contributed by atoms with Crippen LogP contribution in [0, 0.1) is 10.1 Å². The lowest BCUT2D eigenvalue weighted by atomic mass is 10.0. The van der Waals surface area contributed by atoms with Crippen molar-refractivity contribution in [2.75, 3.05) is 31.1 Å². The van der Waals surface area contributed by atoms with Gasteiger partial charge < -0.3 is 68.9 Å². The van der Waals surface area contributed by atoms with Gasteiger partial charge in [-0.2, -0.15) is 13.2 Å². The first-order valence-electron chi connectivity index (χ1n) is 21.0. The molecule has 0 unspecified atom stereocenters. The highest BCUT2D eigenvalue weighted by Gasteiger charge is 2.41. The van der Waals surface area contributed by atoms with E-state index in [0.717, 1.165) is 62.9 Å². The molecule has 9 amide bonds. The Bertz CT molecular complexity index is 2380. The van der Waals surface area contributed by atoms with Crippen LogP contribution in [0.3, 0.4) is 0 Å². The maximum atomic E-state index is 13.8. The van der Waals surface area contributed by atoms with E-state index in [1.54, 1.807) is 0 Å². The quantitative estimate of drug-likeness (QED) is 0.0587. The average molecular weight is 1040 g/mol. The van der Waals surface area contributed by atoms with E-state index in [1.165, 1.54) is 6.07 Å². The Morgan fingerprint density at radius 1 is 0.803 bits per heavy atom. The number of fused-ring (bicyclic) bond motifs is 1. The van der Waals surface area contributed by atoms with E-state index in [1.807, 2.05) is 0 Å². The number of nitrogens with one attached hydrogen (secondary N) is 7. The number of carboxylic acid groups (broad SMARTS) is 1. The third-order valence-electron chi connectivity index (χ3n) is 10.5. The molecule has 4 rings (SSSR count). The smallest absolute Gasteiger partial charge is 0.416 e. The van der Waals surface area contributed by atoms with Crippen LogP contribution in [-0.2, 0) is 67.1 Å². The van der Waals surface area contributed by atoms with Crippen LogP contribution < -0.4 is 48.7 Å². The Morgan fingerprint density at radius 3 is 2.03 bits per heavy atom. The van der Waals surface area contributed by atoms with E-state index < -0.39 is 175 Å². The molecule has 2 aromatic rings. The second kappa shape index (κ2) is 25.6. The van der Waals surface area contributed by atoms with Gasteiger partial charge in [0, 0.05) is 43.5 Å². The van der Waals surface area contributed by atoms with Crippen LogP contribution in [0.25, 0.3) is 0 Å². The monoisotopic (exact) mass is 1040 g/mol. The van der Waals surface area contributed by atoms with Crippen molar-refractivity contribution in [2.45, 2.75) is 80.8 Å². The highest BCUT2D eigenvalue weighted by molar-refractivity contribution is 8.76. The number of aliphatic carboxylic acids is 1. The number of rotatable bonds is 11. The molecule has 386 valence electrons. The number of hydrogen-bond donors (Lipinski definition) is 12. The summed E-state index contributed by atoms with van der Waals surface area (Å²) in [6, 6.07) is -3.02. The molecule has 2 aliphatic rings. The van der Waals surface area contributed by atoms with Crippen LogP contribution in [0.1, 0.15) is 36.0 Å². The molecular formula is C40H48F3N11O15S2. The van der Waals surface area contributed by atoms with Crippen molar-refractivity contribution < 1.29 is 81.4 Å². The van der Waals surface area contributed by atoms with Crippen LogP contribution in [-0.4, -0.2) is 158 Å². The highest BCUT2D eigenvalue weighted by atomic mass is 33.1. The second-order valence-corrected chi connectivity index (χ2v) is 18.4. The summed E-state index contributed by atoms with van der Waals surface area (Å²) in [4.78, 5) is 143. The zero-order valence-corrected chi connectivity index (χ0v) is 38.5. The predicted octanol–water partition coefficient (Wildman–Crippen LogP) is -3.62. The molecule has 0 bridgehead atoms. The zero-order valence-electron chi connectivity index (χ0n) is 36.9. The number of nitrogens with zero attached hydrogens (tertiary/aromatic N) is 2. The van der Waals surface area contributed by atoms with Crippen molar-refractivity contribution in [1.29, 1.82) is 0 Å². The van der Waals surface area contributed by atoms with Crippen LogP contribution in [0.4, 0.5) is 18.9 Å². The minimum Gasteiger partial charge on any atom is -0.502 e. The van der Waals surface area contributed by atoms with E-state index in [4.69, 9.17) is 11.5 Å². The number of phenolic OH excluding ortho intramolecular Hbond substituents is 1. The largest absolute Gasteiger partial charge is 0.502 e. The summed E-state index contributed by atoms with van der Waals surface area (Å²) < 4.78 is 39.6. The molecule has 2 fully saturated rings. The number of nitrogens with two attached hydrogens (primary N) is 2. The first-order chi connectivity index (χ1) is 33.3. The molecule has 0 aromatic heterocycles. The van der Waals surface area contributed by atoms with Gasteiger partial charge in [0.1, 0.15) is 30.2 Å². The van der Waals surface area contributed by atoms with Crippen molar-refractivity contribution in [3.05, 3.63) is 69.3 Å². The molecule has 2 saturated heterocycles. The summed E-state index contributed by atoms with van der Waals surface area (Å²) in [5, 5.41) is 57.8. The second-order valence-electron chi connectivity index (χ2n) is 15.8. The number of nitro benzene ring substituents is 1. The number of carbonyl (C=O) groups is 10. The Balaban J connectivity index is 1.68. The summed E-state index contributed by atoms with van der Waals surface area (Å²) in [6.45, 7) is -2.62. The SMILES string of the molecule is NC(=O)C[C@@H]1NC(=O)[C@@H]2C[C@@H](O)CN2C(=O)CNC(=O)[C@H](Cc2ccc(O)c([N+](=O)[O-])c2)NC(=O)CNC(=O)[C@@H](CC(=O)O)NC(=O)[C@H](NCc2ccc(C(F)(F)F)cc2)CSSC[C@H](C(N)=O)NC1=O. The molecule has 2 aliphatic heterocycles. The molecule has 2 aromatic carbocycles. The number of aromatic hydroxyl groups is 1. The van der Waals surface area contributed by atoms with Crippen molar-refractivity contribution in [3.8, 4) is 5.75 Å². The van der Waals surface area contributed by atoms with Gasteiger partial charge in [0.25, 0.3) is 0 Å². The van der Waals surface area contributed by atoms with Crippen LogP contribution in [0.2, 0.25) is 0 Å². The lowest BCUT2D eigenvalue weighted by Crippen LogP contribution is -2.58. The summed E-state index contributed by atoms with van der Waals surface area (Å²) in [7, 11) is 1.71. The van der Waals surface area contributed by atoms with Gasteiger partial charge in [0.15, 0.2) is 5.75 Å². The number of alkyl halides is 3. The summed E-state index contributed by atoms with van der Waals surface area (Å²) in [6.07, 6.45) is -8.83. The topological polar surface area (TPSA) is 414 Å². The minimum absolute atomic E-state index is 0.0108. The fraction of sp³-hybridized carbons (Fsp3) is 0.450. The molecule has 71 heavy (non-hydrogen) atoms. The van der Waals surface area contributed by atoms with Gasteiger partial charge in [-0.05, 0) is 29.3 Å². The molecule has 26 nitrogen and oxygen atoms in total. The van der Waals surface area contributed by atoms with E-state index in [-0.39, 0.29) is 29.2 Å². The third-order valence-corrected chi connectivity index (χ3v) is 12.9. The maximum Gasteiger partial charge on any atom is 0.416 e. The lowest BCUT2D eigenvalue weighted by Gasteiger charge is -2.27. The number of aliphatic hydroxyl groups is 1. The number of phenols is 1. The first kappa shape index (κ1) is 56.3. The molecule has 0 saturated carbocycles. The predicted molar refractivity (Wildman–Crippen MR) is 241 cm³/mol. The van der Waals surface area contributed by atoms with Crippen LogP contribution in [0.15, 0.2) is 42.5 Å². The number of carbonyl (C=O) groups excluding carboxylic acids is 9. The first-order valence-corrected chi connectivity index (χ1v) is 23.4. The van der Waals surface area contributed by atoms with Gasteiger partial charge in [0.2, 0.25) is 53.2 Å². The molecular weight excluding hydrogens is 996 g/mol. The fourth-order valence-electron chi connectivity index (χ4n) is 6.86. The Kier molecular flexibility index (Phi) is 20.3. The van der Waals surface area contributed by atoms with E-state index in [9.17, 15) is 86.6 Å². The number of halogens is 3. The number of benzene rings is 2. The lowest BCUT2D eigenvalue weighted by molar-refractivity contribution is -0.385. The van der Waals surface area contributed by atoms with Crippen molar-refractivity contribution >= 4 is 86.4 Å².